The van der Waals surface area contributed by atoms with Gasteiger partial charge in [0.15, 0.2) is 46.5 Å². The van der Waals surface area contributed by atoms with Crippen molar-refractivity contribution in [1.82, 2.24) is 0 Å². The Bertz CT molecular complexity index is 720. The van der Waals surface area contributed by atoms with E-state index < -0.39 is 75.6 Å². The second kappa shape index (κ2) is 6.06. The lowest BCUT2D eigenvalue weighted by Crippen LogP contribution is -2.48. The molecule has 2 aromatic carbocycles. The SMILES string of the molecule is CB(c1c(F)c(C)c(F)c(F)c1F)c1c(F)c(F)c(F)c(F)c1F. The smallest absolute Gasteiger partial charge is 0.207 e. The Morgan fingerprint density at radius 3 is 1.17 bits per heavy atom. The van der Waals surface area contributed by atoms with E-state index in [-0.39, 0.29) is 0 Å². The average molecular weight is 356 g/mol. The maximum Gasteiger partial charge on any atom is 0.222 e. The highest BCUT2D eigenvalue weighted by Crippen LogP contribution is 2.20. The molecular weight excluding hydrogens is 350 g/mol. The van der Waals surface area contributed by atoms with Gasteiger partial charge in [0, 0.05) is 11.0 Å². The van der Waals surface area contributed by atoms with E-state index in [1.807, 2.05) is 0 Å². The van der Waals surface area contributed by atoms with Gasteiger partial charge in [0.1, 0.15) is 5.82 Å². The normalized spacial score (nSPS) is 11.1. The predicted molar refractivity (Wildman–Crippen MR) is 68.1 cm³/mol. The van der Waals surface area contributed by atoms with Gasteiger partial charge in [-0.15, -0.1) is 0 Å². The summed E-state index contributed by atoms with van der Waals surface area (Å²) >= 11 is 0. The fourth-order valence-electron chi connectivity index (χ4n) is 2.30. The first-order chi connectivity index (χ1) is 11.0. The minimum Gasteiger partial charge on any atom is -0.207 e. The maximum atomic E-state index is 14.0. The first-order valence-corrected chi connectivity index (χ1v) is 6.36. The Balaban J connectivity index is 2.84. The summed E-state index contributed by atoms with van der Waals surface area (Å²) in [6.07, 6.45) is 0. The molecule has 128 valence electrons. The number of hydrogen-bond acceptors (Lipinski definition) is 0. The Morgan fingerprint density at radius 2 is 0.750 bits per heavy atom. The summed E-state index contributed by atoms with van der Waals surface area (Å²) in [5.74, 6) is -19.5. The van der Waals surface area contributed by atoms with Gasteiger partial charge in [-0.1, -0.05) is 6.82 Å². The molecule has 0 N–H and O–H groups in total. The van der Waals surface area contributed by atoms with Crippen LogP contribution in [0.15, 0.2) is 0 Å². The lowest BCUT2D eigenvalue weighted by Gasteiger charge is -2.16. The van der Waals surface area contributed by atoms with E-state index in [1.165, 1.54) is 0 Å². The topological polar surface area (TPSA) is 0 Å². The van der Waals surface area contributed by atoms with Crippen molar-refractivity contribution in [2.45, 2.75) is 13.7 Å². The average Bonchev–Trinajstić information content (AvgIpc) is 2.55. The van der Waals surface area contributed by atoms with Gasteiger partial charge in [-0.05, 0) is 12.4 Å². The molecule has 0 aliphatic heterocycles. The van der Waals surface area contributed by atoms with Gasteiger partial charge >= 0.3 is 0 Å². The van der Waals surface area contributed by atoms with Crippen LogP contribution in [0.25, 0.3) is 0 Å². The van der Waals surface area contributed by atoms with Gasteiger partial charge in [-0.25, -0.2) is 39.5 Å². The minimum absolute atomic E-state index is 0.691. The van der Waals surface area contributed by atoms with Crippen molar-refractivity contribution in [3.63, 3.8) is 0 Å². The highest BCUT2D eigenvalue weighted by atomic mass is 19.2. The molecule has 0 bridgehead atoms. The van der Waals surface area contributed by atoms with Crippen LogP contribution in [0.5, 0.6) is 0 Å². The second-order valence-corrected chi connectivity index (χ2v) is 5.00. The summed E-state index contributed by atoms with van der Waals surface area (Å²) in [4.78, 5) is 0. The van der Waals surface area contributed by atoms with Gasteiger partial charge in [0.05, 0.1) is 0 Å². The molecule has 0 aliphatic carbocycles. The van der Waals surface area contributed by atoms with Crippen molar-refractivity contribution in [1.29, 1.82) is 0 Å². The van der Waals surface area contributed by atoms with E-state index in [1.54, 1.807) is 0 Å². The first kappa shape index (κ1) is 18.2. The lowest BCUT2D eigenvalue weighted by atomic mass is 9.41. The van der Waals surface area contributed by atoms with Crippen molar-refractivity contribution < 1.29 is 39.5 Å². The summed E-state index contributed by atoms with van der Waals surface area (Å²) in [5, 5.41) is 0. The van der Waals surface area contributed by atoms with Crippen molar-refractivity contribution in [3.8, 4) is 0 Å². The monoisotopic (exact) mass is 356 g/mol. The van der Waals surface area contributed by atoms with Crippen LogP contribution >= 0.6 is 0 Å². The van der Waals surface area contributed by atoms with Gasteiger partial charge in [-0.3, -0.25) is 0 Å². The fourth-order valence-corrected chi connectivity index (χ4v) is 2.30. The maximum absolute atomic E-state index is 14.0. The molecule has 2 rings (SSSR count). The molecular formula is C14H6BF9. The van der Waals surface area contributed by atoms with Crippen molar-refractivity contribution in [3.05, 3.63) is 57.9 Å². The Labute approximate surface area is 130 Å². The first-order valence-electron chi connectivity index (χ1n) is 6.36. The second-order valence-electron chi connectivity index (χ2n) is 5.00. The summed E-state index contributed by atoms with van der Waals surface area (Å²) < 4.78 is 121. The van der Waals surface area contributed by atoms with E-state index in [0.29, 0.717) is 6.82 Å². The minimum atomic E-state index is -2.46. The summed E-state index contributed by atoms with van der Waals surface area (Å²) in [7, 11) is 0. The van der Waals surface area contributed by atoms with Crippen molar-refractivity contribution >= 4 is 17.6 Å². The Morgan fingerprint density at radius 1 is 0.458 bits per heavy atom. The molecule has 2 aromatic rings. The number of rotatable bonds is 2. The summed E-state index contributed by atoms with van der Waals surface area (Å²) in [5.41, 5.74) is -3.91. The van der Waals surface area contributed by atoms with E-state index >= 15 is 0 Å². The van der Waals surface area contributed by atoms with Gasteiger partial charge in [-0.2, -0.15) is 0 Å². The van der Waals surface area contributed by atoms with E-state index in [0.717, 1.165) is 6.92 Å². The molecule has 0 atom stereocenters. The Kier molecular flexibility index (Phi) is 4.60. The van der Waals surface area contributed by atoms with Crippen LogP contribution in [0.4, 0.5) is 39.5 Å². The van der Waals surface area contributed by atoms with Crippen LogP contribution in [-0.2, 0) is 0 Å². The highest BCUT2D eigenvalue weighted by Gasteiger charge is 2.35. The van der Waals surface area contributed by atoms with Crippen molar-refractivity contribution in [2.75, 3.05) is 0 Å². The zero-order chi connectivity index (χ0) is 18.5. The summed E-state index contributed by atoms with van der Waals surface area (Å²) in [6.45, 7) is -0.707. The molecule has 10 heteroatoms. The van der Waals surface area contributed by atoms with Crippen LogP contribution in [-0.4, -0.2) is 6.71 Å². The van der Waals surface area contributed by atoms with Gasteiger partial charge in [0.2, 0.25) is 6.71 Å². The van der Waals surface area contributed by atoms with Crippen LogP contribution in [0, 0.1) is 59.3 Å². The molecule has 0 saturated heterocycles. The zero-order valence-electron chi connectivity index (χ0n) is 12.0. The fraction of sp³-hybridized carbons (Fsp3) is 0.143. The molecule has 0 nitrogen and oxygen atoms in total. The van der Waals surface area contributed by atoms with Crippen LogP contribution in [0.3, 0.4) is 0 Å². The lowest BCUT2D eigenvalue weighted by molar-refractivity contribution is 0.384. The molecule has 24 heavy (non-hydrogen) atoms. The largest absolute Gasteiger partial charge is 0.222 e. The van der Waals surface area contributed by atoms with E-state index in [2.05, 4.69) is 0 Å². The highest BCUT2D eigenvalue weighted by molar-refractivity contribution is 6.84. The molecule has 0 unspecified atom stereocenters. The molecule has 0 spiro atoms. The molecule has 0 radical (unpaired) electrons. The van der Waals surface area contributed by atoms with Crippen LogP contribution in [0.2, 0.25) is 6.82 Å². The predicted octanol–water partition coefficient (Wildman–Crippen LogP) is 3.49. The molecule has 0 saturated carbocycles. The molecule has 0 aliphatic rings. The summed E-state index contributed by atoms with van der Waals surface area (Å²) in [6, 6.07) is 0. The number of hydrogen-bond donors (Lipinski definition) is 0. The van der Waals surface area contributed by atoms with Crippen molar-refractivity contribution in [2.24, 2.45) is 0 Å². The molecule has 0 heterocycles. The van der Waals surface area contributed by atoms with Crippen LogP contribution < -0.4 is 10.9 Å². The zero-order valence-corrected chi connectivity index (χ0v) is 12.0. The quantitative estimate of drug-likeness (QED) is 0.335. The third-order valence-electron chi connectivity index (χ3n) is 3.63. The number of benzene rings is 2. The standard InChI is InChI=1S/C14H6BF9/c1-3-6(16)4(8(18)11(21)7(3)17)15(2)5-9(19)12(22)14(24)13(23)10(5)20/h1-2H3. The van der Waals surface area contributed by atoms with Gasteiger partial charge in [0.25, 0.3) is 0 Å². The third kappa shape index (κ3) is 2.44. The Hall–Kier alpha value is -2.13. The van der Waals surface area contributed by atoms with E-state index in [4.69, 9.17) is 0 Å². The van der Waals surface area contributed by atoms with Gasteiger partial charge < -0.3 is 0 Å². The third-order valence-corrected chi connectivity index (χ3v) is 3.63. The van der Waals surface area contributed by atoms with Crippen LogP contribution in [0.1, 0.15) is 5.56 Å². The molecule has 0 fully saturated rings. The molecule has 0 aromatic heterocycles. The number of halogens is 9. The molecule has 0 amide bonds. The van der Waals surface area contributed by atoms with E-state index in [9.17, 15) is 39.5 Å².